The Labute approximate surface area is 181 Å². The van der Waals surface area contributed by atoms with Crippen molar-refractivity contribution in [2.75, 3.05) is 7.05 Å². The third kappa shape index (κ3) is 4.56. The fraction of sp³-hybridized carbons (Fsp3) is 0.680. The molecule has 5 nitrogen and oxygen atoms in total. The summed E-state index contributed by atoms with van der Waals surface area (Å²) in [6.07, 6.45) is 3.33. The molecule has 2 saturated carbocycles. The largest absolute Gasteiger partial charge is 0.392 e. The highest BCUT2D eigenvalue weighted by Gasteiger charge is 2.53. The van der Waals surface area contributed by atoms with Crippen LogP contribution in [0.3, 0.4) is 0 Å². The van der Waals surface area contributed by atoms with Crippen molar-refractivity contribution in [2.24, 2.45) is 29.1 Å². The molecule has 7 atom stereocenters. The van der Waals surface area contributed by atoms with Crippen LogP contribution >= 0.6 is 0 Å². The zero-order valence-corrected chi connectivity index (χ0v) is 19.1. The van der Waals surface area contributed by atoms with Gasteiger partial charge in [0.1, 0.15) is 0 Å². The average molecular weight is 415 g/mol. The van der Waals surface area contributed by atoms with E-state index in [1.54, 1.807) is 11.8 Å². The standard InChI is InChI=1S/C25H38N2O3/c1-16(24(30)27(5)15-19-9-7-6-8-10-19)20-11-13-25(4)14-12-21(26-18(3)28)17(2)22(25)23(20)29/h6-10,16-17,20-23,29H,11-15H2,1-5H3,(H,26,28). The number of carbonyl (C=O) groups excluding carboxylic acids is 2. The minimum atomic E-state index is -0.528. The first-order valence-corrected chi connectivity index (χ1v) is 11.4. The second kappa shape index (κ2) is 9.09. The van der Waals surface area contributed by atoms with E-state index in [-0.39, 0.29) is 46.9 Å². The lowest BCUT2D eigenvalue weighted by Gasteiger charge is -2.56. The molecule has 0 bridgehead atoms. The molecule has 2 amide bonds. The van der Waals surface area contributed by atoms with E-state index in [2.05, 4.69) is 19.2 Å². The normalized spacial score (nSPS) is 34.5. The average Bonchev–Trinajstić information content (AvgIpc) is 2.70. The fourth-order valence-electron chi connectivity index (χ4n) is 6.22. The topological polar surface area (TPSA) is 69.6 Å². The Morgan fingerprint density at radius 3 is 2.50 bits per heavy atom. The summed E-state index contributed by atoms with van der Waals surface area (Å²) < 4.78 is 0. The zero-order valence-electron chi connectivity index (χ0n) is 19.1. The van der Waals surface area contributed by atoms with Crippen LogP contribution in [-0.4, -0.2) is 41.0 Å². The van der Waals surface area contributed by atoms with Gasteiger partial charge in [0.25, 0.3) is 0 Å². The first-order chi connectivity index (χ1) is 14.1. The van der Waals surface area contributed by atoms with E-state index >= 15 is 0 Å². The van der Waals surface area contributed by atoms with E-state index in [9.17, 15) is 14.7 Å². The summed E-state index contributed by atoms with van der Waals surface area (Å²) in [5.41, 5.74) is 1.18. The van der Waals surface area contributed by atoms with Gasteiger partial charge in [-0.25, -0.2) is 0 Å². The third-order valence-corrected chi connectivity index (χ3v) is 7.95. The van der Waals surface area contributed by atoms with Gasteiger partial charge < -0.3 is 15.3 Å². The number of hydrogen-bond acceptors (Lipinski definition) is 3. The zero-order chi connectivity index (χ0) is 22.1. The summed E-state index contributed by atoms with van der Waals surface area (Å²) in [4.78, 5) is 26.6. The van der Waals surface area contributed by atoms with E-state index < -0.39 is 6.10 Å². The summed E-state index contributed by atoms with van der Waals surface area (Å²) in [6, 6.07) is 10.1. The maximum atomic E-state index is 13.2. The van der Waals surface area contributed by atoms with E-state index in [0.717, 1.165) is 31.2 Å². The third-order valence-electron chi connectivity index (χ3n) is 7.95. The minimum Gasteiger partial charge on any atom is -0.392 e. The first kappa shape index (κ1) is 22.8. The van der Waals surface area contributed by atoms with E-state index in [4.69, 9.17) is 0 Å². The highest BCUT2D eigenvalue weighted by Crippen LogP contribution is 2.55. The van der Waals surface area contributed by atoms with Crippen molar-refractivity contribution in [1.82, 2.24) is 10.2 Å². The van der Waals surface area contributed by atoms with Crippen molar-refractivity contribution in [3.63, 3.8) is 0 Å². The highest BCUT2D eigenvalue weighted by atomic mass is 16.3. The van der Waals surface area contributed by atoms with E-state index in [1.807, 2.05) is 44.3 Å². The van der Waals surface area contributed by atoms with Gasteiger partial charge >= 0.3 is 0 Å². The van der Waals surface area contributed by atoms with Gasteiger partial charge in [-0.2, -0.15) is 0 Å². The number of aliphatic hydroxyl groups is 1. The molecular formula is C25H38N2O3. The Bertz CT molecular complexity index is 752. The molecule has 0 spiro atoms. The van der Waals surface area contributed by atoms with Gasteiger partial charge in [0.15, 0.2) is 0 Å². The molecule has 0 heterocycles. The second-order valence-corrected chi connectivity index (χ2v) is 10.0. The van der Waals surface area contributed by atoms with Gasteiger partial charge in [0, 0.05) is 32.5 Å². The van der Waals surface area contributed by atoms with E-state index in [1.165, 1.54) is 0 Å². The first-order valence-electron chi connectivity index (χ1n) is 11.4. The molecule has 2 aliphatic rings. The number of hydrogen-bond donors (Lipinski definition) is 2. The second-order valence-electron chi connectivity index (χ2n) is 10.0. The summed E-state index contributed by atoms with van der Waals surface area (Å²) in [5.74, 6) is 0.0852. The molecule has 0 radical (unpaired) electrons. The van der Waals surface area contributed by atoms with E-state index in [0.29, 0.717) is 6.54 Å². The van der Waals surface area contributed by atoms with Gasteiger partial charge in [0.05, 0.1) is 6.10 Å². The fourth-order valence-corrected chi connectivity index (χ4v) is 6.22. The summed E-state index contributed by atoms with van der Waals surface area (Å²) in [7, 11) is 1.85. The minimum absolute atomic E-state index is 0.0108. The maximum absolute atomic E-state index is 13.2. The predicted octanol–water partition coefficient (Wildman–Crippen LogP) is 3.61. The lowest BCUT2D eigenvalue weighted by molar-refractivity contribution is -0.150. The number of aliphatic hydroxyl groups excluding tert-OH is 1. The molecule has 0 aromatic heterocycles. The summed E-state index contributed by atoms with van der Waals surface area (Å²) in [6.45, 7) is 8.55. The number of rotatable bonds is 5. The molecular weight excluding hydrogens is 376 g/mol. The van der Waals surface area contributed by atoms with Crippen molar-refractivity contribution in [3.8, 4) is 0 Å². The van der Waals surface area contributed by atoms with Gasteiger partial charge in [0.2, 0.25) is 11.8 Å². The molecule has 0 saturated heterocycles. The molecule has 5 heteroatoms. The molecule has 1 aromatic carbocycles. The smallest absolute Gasteiger partial charge is 0.225 e. The Morgan fingerprint density at radius 2 is 1.87 bits per heavy atom. The molecule has 3 rings (SSSR count). The van der Waals surface area contributed by atoms with Crippen LogP contribution < -0.4 is 5.32 Å². The highest BCUT2D eigenvalue weighted by molar-refractivity contribution is 5.78. The van der Waals surface area contributed by atoms with Crippen molar-refractivity contribution < 1.29 is 14.7 Å². The molecule has 1 aromatic rings. The lowest BCUT2D eigenvalue weighted by Crippen LogP contribution is -2.58. The summed E-state index contributed by atoms with van der Waals surface area (Å²) in [5, 5.41) is 14.5. The van der Waals surface area contributed by atoms with Crippen LogP contribution in [0.25, 0.3) is 0 Å². The Morgan fingerprint density at radius 1 is 1.23 bits per heavy atom. The summed E-state index contributed by atoms with van der Waals surface area (Å²) >= 11 is 0. The molecule has 30 heavy (non-hydrogen) atoms. The molecule has 2 aliphatic carbocycles. The number of fused-ring (bicyclic) bond motifs is 1. The SMILES string of the molecule is CC(=O)NC1CCC2(C)CCC(C(C)C(=O)N(C)Cc3ccccc3)C(O)C2C1C. The molecule has 2 fully saturated rings. The van der Waals surface area contributed by atoms with Crippen molar-refractivity contribution >= 4 is 11.8 Å². The quantitative estimate of drug-likeness (QED) is 0.773. The number of carbonyl (C=O) groups is 2. The van der Waals surface area contributed by atoms with Gasteiger partial charge in [-0.15, -0.1) is 0 Å². The van der Waals surface area contributed by atoms with Crippen LogP contribution in [0.5, 0.6) is 0 Å². The van der Waals surface area contributed by atoms with Gasteiger partial charge in [-0.05, 0) is 54.4 Å². The number of nitrogens with one attached hydrogen (secondary N) is 1. The Kier molecular flexibility index (Phi) is 6.91. The van der Waals surface area contributed by atoms with Gasteiger partial charge in [-0.1, -0.05) is 51.1 Å². The van der Waals surface area contributed by atoms with Crippen LogP contribution in [0.15, 0.2) is 30.3 Å². The number of benzene rings is 1. The molecule has 7 unspecified atom stereocenters. The predicted molar refractivity (Wildman–Crippen MR) is 118 cm³/mol. The van der Waals surface area contributed by atoms with Crippen molar-refractivity contribution in [1.29, 1.82) is 0 Å². The van der Waals surface area contributed by atoms with Gasteiger partial charge in [-0.3, -0.25) is 9.59 Å². The van der Waals surface area contributed by atoms with Crippen molar-refractivity contribution in [2.45, 2.75) is 72.1 Å². The molecule has 0 aliphatic heterocycles. The lowest BCUT2D eigenvalue weighted by atomic mass is 9.51. The Balaban J connectivity index is 1.72. The van der Waals surface area contributed by atoms with Crippen LogP contribution in [-0.2, 0) is 16.1 Å². The van der Waals surface area contributed by atoms with Crippen LogP contribution in [0.2, 0.25) is 0 Å². The monoisotopic (exact) mass is 414 g/mol. The van der Waals surface area contributed by atoms with Crippen LogP contribution in [0.4, 0.5) is 0 Å². The maximum Gasteiger partial charge on any atom is 0.225 e. The molecule has 166 valence electrons. The number of amides is 2. The molecule has 2 N–H and O–H groups in total. The van der Waals surface area contributed by atoms with Crippen LogP contribution in [0.1, 0.15) is 58.9 Å². The van der Waals surface area contributed by atoms with Crippen molar-refractivity contribution in [3.05, 3.63) is 35.9 Å². The van der Waals surface area contributed by atoms with Crippen LogP contribution in [0, 0.1) is 29.1 Å². The Hall–Kier alpha value is -1.88. The number of nitrogens with zero attached hydrogens (tertiary/aromatic N) is 1.